The van der Waals surface area contributed by atoms with Gasteiger partial charge in [-0.15, -0.1) is 0 Å². The zero-order valence-electron chi connectivity index (χ0n) is 9.96. The molecule has 19 heavy (non-hydrogen) atoms. The van der Waals surface area contributed by atoms with Crippen LogP contribution >= 0.6 is 12.2 Å². The molecule has 1 aliphatic rings. The van der Waals surface area contributed by atoms with Crippen molar-refractivity contribution in [2.24, 2.45) is 0 Å². The molecule has 0 spiro atoms. The molecule has 1 fully saturated rings. The predicted molar refractivity (Wildman–Crippen MR) is 72.9 cm³/mol. The number of non-ortho nitro benzene ring substituents is 1. The van der Waals surface area contributed by atoms with Crippen LogP contribution in [0.1, 0.15) is 25.3 Å². The fourth-order valence-corrected chi connectivity index (χ4v) is 2.73. The van der Waals surface area contributed by atoms with Crippen LogP contribution < -0.4 is 5.56 Å². The first kappa shape index (κ1) is 12.0. The van der Waals surface area contributed by atoms with Crippen LogP contribution in [-0.4, -0.2) is 14.5 Å². The summed E-state index contributed by atoms with van der Waals surface area (Å²) in [6, 6.07) is 4.58. The molecule has 2 aromatic rings. The molecule has 0 amide bonds. The third kappa shape index (κ3) is 1.77. The Bertz CT molecular complexity index is 789. The van der Waals surface area contributed by atoms with E-state index >= 15 is 0 Å². The largest absolute Gasteiger partial charge is 0.331 e. The summed E-state index contributed by atoms with van der Waals surface area (Å²) < 4.78 is 1.82. The van der Waals surface area contributed by atoms with Gasteiger partial charge in [-0.25, -0.2) is 0 Å². The Hall–Kier alpha value is -2.02. The van der Waals surface area contributed by atoms with E-state index in [1.165, 1.54) is 10.6 Å². The first-order valence-corrected chi connectivity index (χ1v) is 6.42. The minimum absolute atomic E-state index is 0.0699. The molecule has 1 heterocycles. The quantitative estimate of drug-likeness (QED) is 0.520. The van der Waals surface area contributed by atoms with Crippen LogP contribution in [0.5, 0.6) is 0 Å². The molecule has 7 heteroatoms. The molecule has 1 aromatic carbocycles. The molecule has 98 valence electrons. The third-order valence-corrected chi connectivity index (χ3v) is 3.87. The van der Waals surface area contributed by atoms with E-state index in [4.69, 9.17) is 12.2 Å². The lowest BCUT2D eigenvalue weighted by atomic mass is 9.93. The van der Waals surface area contributed by atoms with E-state index in [0.29, 0.717) is 10.3 Å². The van der Waals surface area contributed by atoms with Gasteiger partial charge < -0.3 is 4.98 Å². The van der Waals surface area contributed by atoms with Gasteiger partial charge in [0.2, 0.25) is 0 Å². The Balaban J connectivity index is 2.41. The average Bonchev–Trinajstić information content (AvgIpc) is 2.30. The number of hydrogen-bond donors (Lipinski definition) is 1. The number of nitrogens with one attached hydrogen (secondary N) is 1. The number of aromatic nitrogens is 2. The maximum Gasteiger partial charge on any atom is 0.284 e. The highest BCUT2D eigenvalue weighted by Gasteiger charge is 2.25. The molecule has 0 unspecified atom stereocenters. The van der Waals surface area contributed by atoms with Crippen molar-refractivity contribution in [3.05, 3.63) is 43.4 Å². The van der Waals surface area contributed by atoms with Crippen molar-refractivity contribution >= 4 is 28.8 Å². The van der Waals surface area contributed by atoms with Gasteiger partial charge in [0.05, 0.1) is 10.4 Å². The molecule has 1 saturated carbocycles. The van der Waals surface area contributed by atoms with Gasteiger partial charge in [-0.05, 0) is 37.5 Å². The fourth-order valence-electron chi connectivity index (χ4n) is 2.39. The number of H-pyrrole nitrogens is 1. The van der Waals surface area contributed by atoms with Crippen LogP contribution in [0.2, 0.25) is 0 Å². The minimum atomic E-state index is -0.536. The number of aromatic amines is 1. The summed E-state index contributed by atoms with van der Waals surface area (Å²) in [6.07, 6.45) is 2.84. The molecule has 0 atom stereocenters. The molecule has 1 aliphatic carbocycles. The molecule has 1 N–H and O–H groups in total. The number of nitro groups is 1. The zero-order chi connectivity index (χ0) is 13.6. The van der Waals surface area contributed by atoms with Crippen LogP contribution in [0.25, 0.3) is 10.9 Å². The molecule has 1 aromatic heterocycles. The van der Waals surface area contributed by atoms with E-state index in [1.807, 2.05) is 0 Å². The summed E-state index contributed by atoms with van der Waals surface area (Å²) in [5.41, 5.74) is -0.127. The molecular formula is C12H11N3O3S. The molecular weight excluding hydrogens is 266 g/mol. The topological polar surface area (TPSA) is 80.9 Å². The third-order valence-electron chi connectivity index (χ3n) is 3.57. The second kappa shape index (κ2) is 4.27. The van der Waals surface area contributed by atoms with Crippen molar-refractivity contribution in [1.82, 2.24) is 9.55 Å². The van der Waals surface area contributed by atoms with Crippen LogP contribution in [0.3, 0.4) is 0 Å². The summed E-state index contributed by atoms with van der Waals surface area (Å²) in [7, 11) is 0. The van der Waals surface area contributed by atoms with Crippen LogP contribution in [-0.2, 0) is 0 Å². The molecule has 0 aliphatic heterocycles. The van der Waals surface area contributed by atoms with Gasteiger partial charge in [-0.1, -0.05) is 6.07 Å². The average molecular weight is 277 g/mol. The highest BCUT2D eigenvalue weighted by Crippen LogP contribution is 2.31. The van der Waals surface area contributed by atoms with E-state index in [9.17, 15) is 14.9 Å². The minimum Gasteiger partial charge on any atom is -0.331 e. The molecule has 3 rings (SSSR count). The first-order chi connectivity index (χ1) is 9.09. The second-order valence-corrected chi connectivity index (χ2v) is 5.03. The summed E-state index contributed by atoms with van der Waals surface area (Å²) in [5, 5.41) is 11.1. The number of nitrogens with zero attached hydrogens (tertiary/aromatic N) is 2. The monoisotopic (exact) mass is 277 g/mol. The summed E-state index contributed by atoms with van der Waals surface area (Å²) >= 11 is 5.19. The Morgan fingerprint density at radius 2 is 2.16 bits per heavy atom. The van der Waals surface area contributed by atoms with Crippen LogP contribution in [0.4, 0.5) is 5.69 Å². The molecule has 0 bridgehead atoms. The highest BCUT2D eigenvalue weighted by molar-refractivity contribution is 7.71. The standard InChI is InChI=1S/C12H11N3O3S/c16-11-10-8(5-2-6-9(10)15(17)18)13-12(19)14(11)7-3-1-4-7/h2,5-7H,1,3-4H2,(H,13,19). The summed E-state index contributed by atoms with van der Waals surface area (Å²) in [6.45, 7) is 0. The lowest BCUT2D eigenvalue weighted by molar-refractivity contribution is -0.383. The van der Waals surface area contributed by atoms with Gasteiger partial charge in [0.15, 0.2) is 4.77 Å². The molecule has 0 saturated heterocycles. The number of nitro benzene ring substituents is 1. The zero-order valence-corrected chi connectivity index (χ0v) is 10.8. The normalized spacial score (nSPS) is 15.4. The van der Waals surface area contributed by atoms with E-state index in [2.05, 4.69) is 4.98 Å². The van der Waals surface area contributed by atoms with Crippen molar-refractivity contribution in [1.29, 1.82) is 0 Å². The highest BCUT2D eigenvalue weighted by atomic mass is 32.1. The van der Waals surface area contributed by atoms with Crippen LogP contribution in [0.15, 0.2) is 23.0 Å². The number of hydrogen-bond acceptors (Lipinski definition) is 4. The lowest BCUT2D eigenvalue weighted by Gasteiger charge is -2.27. The fraction of sp³-hybridized carbons (Fsp3) is 0.333. The van der Waals surface area contributed by atoms with Gasteiger partial charge in [0, 0.05) is 12.1 Å². The summed E-state index contributed by atoms with van der Waals surface area (Å²) in [5.74, 6) is 0. The van der Waals surface area contributed by atoms with E-state index in [0.717, 1.165) is 19.3 Å². The van der Waals surface area contributed by atoms with Gasteiger partial charge >= 0.3 is 0 Å². The Morgan fingerprint density at radius 1 is 1.42 bits per heavy atom. The van der Waals surface area contributed by atoms with E-state index in [1.54, 1.807) is 12.1 Å². The van der Waals surface area contributed by atoms with Gasteiger partial charge in [0.25, 0.3) is 11.2 Å². The van der Waals surface area contributed by atoms with Gasteiger partial charge in [-0.3, -0.25) is 19.5 Å². The molecule has 6 nitrogen and oxygen atoms in total. The van der Waals surface area contributed by atoms with Gasteiger partial charge in [-0.2, -0.15) is 0 Å². The number of benzene rings is 1. The molecule has 0 radical (unpaired) electrons. The summed E-state index contributed by atoms with van der Waals surface area (Å²) in [4.78, 5) is 25.9. The predicted octanol–water partition coefficient (Wildman–Crippen LogP) is 2.69. The number of fused-ring (bicyclic) bond motifs is 1. The van der Waals surface area contributed by atoms with E-state index < -0.39 is 4.92 Å². The maximum absolute atomic E-state index is 12.5. The van der Waals surface area contributed by atoms with E-state index in [-0.39, 0.29) is 22.7 Å². The Morgan fingerprint density at radius 3 is 2.74 bits per heavy atom. The SMILES string of the molecule is O=c1c2c([N+](=O)[O-])cccc2[nH]c(=S)n1C1CCC1. The van der Waals surface area contributed by atoms with Gasteiger partial charge in [0.1, 0.15) is 5.39 Å². The van der Waals surface area contributed by atoms with Crippen molar-refractivity contribution in [3.8, 4) is 0 Å². The Kier molecular flexibility index (Phi) is 2.70. The van der Waals surface area contributed by atoms with Crippen molar-refractivity contribution < 1.29 is 4.92 Å². The number of rotatable bonds is 2. The lowest BCUT2D eigenvalue weighted by Crippen LogP contribution is -2.30. The Labute approximate surface area is 112 Å². The van der Waals surface area contributed by atoms with Crippen molar-refractivity contribution in [2.45, 2.75) is 25.3 Å². The maximum atomic E-state index is 12.5. The van der Waals surface area contributed by atoms with Crippen LogP contribution in [0, 0.1) is 14.9 Å². The second-order valence-electron chi connectivity index (χ2n) is 4.65. The van der Waals surface area contributed by atoms with Crippen molar-refractivity contribution in [2.75, 3.05) is 0 Å². The first-order valence-electron chi connectivity index (χ1n) is 6.01. The smallest absolute Gasteiger partial charge is 0.284 e. The van der Waals surface area contributed by atoms with Crippen molar-refractivity contribution in [3.63, 3.8) is 0 Å².